The molecule has 6 fully saturated rings. The van der Waals surface area contributed by atoms with Crippen LogP contribution in [0.5, 0.6) is 11.5 Å². The van der Waals surface area contributed by atoms with Gasteiger partial charge >= 0.3 is 5.97 Å². The third-order valence-electron chi connectivity index (χ3n) is 10.8. The lowest BCUT2D eigenvalue weighted by atomic mass is 9.35. The zero-order valence-electron chi connectivity index (χ0n) is 23.0. The van der Waals surface area contributed by atoms with Gasteiger partial charge in [0.1, 0.15) is 17.6 Å². The topological polar surface area (TPSA) is 132 Å². The van der Waals surface area contributed by atoms with Gasteiger partial charge in [-0.1, -0.05) is 36.4 Å². The van der Waals surface area contributed by atoms with E-state index in [4.69, 9.17) is 18.9 Å². The minimum Gasteiger partial charge on any atom is -0.493 e. The second-order valence-electron chi connectivity index (χ2n) is 12.8. The maximum Gasteiger partial charge on any atom is 0.338 e. The van der Waals surface area contributed by atoms with Crippen molar-refractivity contribution in [2.24, 2.45) is 34.0 Å². The van der Waals surface area contributed by atoms with Gasteiger partial charge in [0.15, 0.2) is 17.3 Å². The van der Waals surface area contributed by atoms with Gasteiger partial charge in [0, 0.05) is 22.6 Å². The van der Waals surface area contributed by atoms with E-state index in [1.165, 1.54) is 13.2 Å². The number of ketones is 1. The summed E-state index contributed by atoms with van der Waals surface area (Å²) in [6.45, 7) is 8.49. The summed E-state index contributed by atoms with van der Waals surface area (Å²) in [4.78, 5) is 27.9. The minimum absolute atomic E-state index is 0.0140. The lowest BCUT2D eigenvalue weighted by Gasteiger charge is -2.74. The van der Waals surface area contributed by atoms with Gasteiger partial charge in [-0.05, 0) is 60.8 Å². The Morgan fingerprint density at radius 3 is 2.65 bits per heavy atom. The van der Waals surface area contributed by atoms with Crippen molar-refractivity contribution in [3.63, 3.8) is 0 Å². The molecular formula is C30H37BrO9. The smallest absolute Gasteiger partial charge is 0.338 e. The predicted molar refractivity (Wildman–Crippen MR) is 146 cm³/mol. The van der Waals surface area contributed by atoms with Gasteiger partial charge in [-0.15, -0.1) is 0 Å². The Labute approximate surface area is 241 Å². The number of fused-ring (bicyclic) bond motifs is 2. The number of aliphatic hydroxyl groups excluding tert-OH is 2. The summed E-state index contributed by atoms with van der Waals surface area (Å²) in [6.07, 6.45) is -1.28. The van der Waals surface area contributed by atoms with Crippen molar-refractivity contribution >= 4 is 27.7 Å². The van der Waals surface area contributed by atoms with Crippen LogP contribution in [0.25, 0.3) is 0 Å². The number of halogens is 1. The van der Waals surface area contributed by atoms with E-state index in [2.05, 4.69) is 22.5 Å². The van der Waals surface area contributed by atoms with Crippen LogP contribution in [0.2, 0.25) is 0 Å². The maximum atomic E-state index is 14.2. The molecule has 10 heteroatoms. The SMILES string of the molecule is C=C1C(=O)[C@]23[C@H](OC(=O)c4ccc(OC)c(OCCBr)c4)[C@H]1CC[C@H]2[C@@]12CO[C@]3(O)[C@@H](O)[C@@H]1C(C)(C)CC[C@@H]2O. The molecule has 0 aromatic heterocycles. The van der Waals surface area contributed by atoms with Crippen LogP contribution in [0, 0.1) is 34.0 Å². The zero-order valence-corrected chi connectivity index (χ0v) is 24.6. The van der Waals surface area contributed by atoms with E-state index in [1.54, 1.807) is 12.1 Å². The van der Waals surface area contributed by atoms with Gasteiger partial charge in [0.2, 0.25) is 5.79 Å². The highest BCUT2D eigenvalue weighted by atomic mass is 79.9. The summed E-state index contributed by atoms with van der Waals surface area (Å²) in [5, 5.41) is 36.3. The summed E-state index contributed by atoms with van der Waals surface area (Å²) >= 11 is 3.32. The predicted octanol–water partition coefficient (Wildman–Crippen LogP) is 3.02. The molecule has 1 aromatic carbocycles. The molecule has 0 radical (unpaired) electrons. The molecule has 218 valence electrons. The highest BCUT2D eigenvalue weighted by Crippen LogP contribution is 2.76. The third kappa shape index (κ3) is 3.28. The van der Waals surface area contributed by atoms with E-state index in [1.807, 2.05) is 13.8 Å². The summed E-state index contributed by atoms with van der Waals surface area (Å²) in [5.74, 6) is -4.28. The molecule has 4 bridgehead atoms. The van der Waals surface area contributed by atoms with Crippen molar-refractivity contribution in [1.29, 1.82) is 0 Å². The Kier molecular flexibility index (Phi) is 6.52. The minimum atomic E-state index is -2.30. The lowest BCUT2D eigenvalue weighted by molar-refractivity contribution is -0.457. The molecular weight excluding hydrogens is 584 g/mol. The van der Waals surface area contributed by atoms with Crippen LogP contribution in [0.4, 0.5) is 0 Å². The van der Waals surface area contributed by atoms with E-state index < -0.39 is 69.9 Å². The maximum absolute atomic E-state index is 14.2. The number of benzene rings is 1. The molecule has 2 saturated heterocycles. The van der Waals surface area contributed by atoms with Gasteiger partial charge in [0.05, 0.1) is 32.0 Å². The van der Waals surface area contributed by atoms with E-state index in [0.29, 0.717) is 49.1 Å². The molecule has 6 aliphatic rings. The molecule has 1 aromatic rings. The average molecular weight is 622 g/mol. The molecule has 3 N–H and O–H groups in total. The second-order valence-corrected chi connectivity index (χ2v) is 13.5. The van der Waals surface area contributed by atoms with Crippen molar-refractivity contribution in [3.8, 4) is 11.5 Å². The average Bonchev–Trinajstić information content (AvgIpc) is 3.04. The van der Waals surface area contributed by atoms with E-state index in [0.717, 1.165) is 0 Å². The van der Waals surface area contributed by atoms with Crippen molar-refractivity contribution in [3.05, 3.63) is 35.9 Å². The fraction of sp³-hybridized carbons (Fsp3) is 0.667. The van der Waals surface area contributed by atoms with Crippen LogP contribution in [0.15, 0.2) is 30.4 Å². The first kappa shape index (κ1) is 28.2. The van der Waals surface area contributed by atoms with Gasteiger partial charge in [-0.2, -0.15) is 0 Å². The van der Waals surface area contributed by atoms with Crippen molar-refractivity contribution in [1.82, 2.24) is 0 Å². The van der Waals surface area contributed by atoms with Gasteiger partial charge in [-0.3, -0.25) is 4.79 Å². The Morgan fingerprint density at radius 2 is 1.95 bits per heavy atom. The Balaban J connectivity index is 1.45. The van der Waals surface area contributed by atoms with Crippen molar-refractivity contribution < 1.29 is 43.9 Å². The quantitative estimate of drug-likeness (QED) is 0.249. The van der Waals surface area contributed by atoms with Crippen LogP contribution in [0.1, 0.15) is 49.9 Å². The molecule has 4 saturated carbocycles. The molecule has 2 spiro atoms. The summed E-state index contributed by atoms with van der Waals surface area (Å²) in [6, 6.07) is 4.68. The standard InChI is InChI=1S/C30H37BrO9/c1-15-17-6-8-20-28-14-39-30(36,24(34)22(28)27(2,3)10-9-21(28)32)29(20,23(15)33)25(17)40-26(35)16-5-7-18(37-4)19(13-16)38-12-11-31/h5,7,13,17,20-22,24-25,32,34,36H,1,6,8-12,14H2,2-4H3/t17-,20-,21-,22+,24-,25+,28+,29-,30+/m0/s1. The molecule has 9 nitrogen and oxygen atoms in total. The van der Waals surface area contributed by atoms with Crippen molar-refractivity contribution in [2.45, 2.75) is 63.6 Å². The second kappa shape index (κ2) is 9.26. The number of hydrogen-bond donors (Lipinski definition) is 3. The molecule has 0 amide bonds. The number of methoxy groups -OCH3 is 1. The van der Waals surface area contributed by atoms with E-state index >= 15 is 0 Å². The normalized spacial score (nSPS) is 42.7. The van der Waals surface area contributed by atoms with Crippen LogP contribution < -0.4 is 9.47 Å². The Hall–Kier alpha value is -1.98. The van der Waals surface area contributed by atoms with Crippen LogP contribution in [-0.4, -0.2) is 76.8 Å². The molecule has 40 heavy (non-hydrogen) atoms. The summed E-state index contributed by atoms with van der Waals surface area (Å²) < 4.78 is 23.3. The van der Waals surface area contributed by atoms with E-state index in [9.17, 15) is 24.9 Å². The van der Waals surface area contributed by atoms with Gasteiger partial charge < -0.3 is 34.3 Å². The summed E-state index contributed by atoms with van der Waals surface area (Å²) in [5.41, 5.74) is -2.75. The Bertz CT molecular complexity index is 1260. The molecule has 7 rings (SSSR count). The number of carbonyl (C=O) groups excluding carboxylic acids is 2. The Morgan fingerprint density at radius 1 is 1.20 bits per heavy atom. The largest absolute Gasteiger partial charge is 0.493 e. The van der Waals surface area contributed by atoms with Gasteiger partial charge in [0.25, 0.3) is 0 Å². The monoisotopic (exact) mass is 620 g/mol. The fourth-order valence-corrected chi connectivity index (χ4v) is 9.45. The lowest BCUT2D eigenvalue weighted by Crippen LogP contribution is -2.85. The highest BCUT2D eigenvalue weighted by molar-refractivity contribution is 9.09. The number of esters is 1. The molecule has 4 aliphatic carbocycles. The number of Topliss-reactive ketones (excluding diaryl/α,β-unsaturated/α-hetero) is 1. The third-order valence-corrected chi connectivity index (χ3v) is 11.1. The number of alkyl halides is 1. The molecule has 2 heterocycles. The van der Waals surface area contributed by atoms with Crippen LogP contribution >= 0.6 is 15.9 Å². The number of carbonyl (C=O) groups is 2. The zero-order chi connectivity index (χ0) is 28.8. The molecule has 2 aliphatic heterocycles. The highest BCUT2D eigenvalue weighted by Gasteiger charge is 2.87. The number of hydrogen-bond acceptors (Lipinski definition) is 9. The summed E-state index contributed by atoms with van der Waals surface area (Å²) in [7, 11) is 1.50. The fourth-order valence-electron chi connectivity index (χ4n) is 9.29. The first-order valence-electron chi connectivity index (χ1n) is 14.0. The first-order chi connectivity index (χ1) is 18.9. The molecule has 9 atom stereocenters. The van der Waals surface area contributed by atoms with E-state index in [-0.39, 0.29) is 17.7 Å². The van der Waals surface area contributed by atoms with Crippen molar-refractivity contribution in [2.75, 3.05) is 25.7 Å². The number of rotatable bonds is 6. The van der Waals surface area contributed by atoms with Crippen LogP contribution in [0.3, 0.4) is 0 Å². The number of ether oxygens (including phenoxy) is 4. The molecule has 0 unspecified atom stereocenters. The first-order valence-corrected chi connectivity index (χ1v) is 15.1. The van der Waals surface area contributed by atoms with Gasteiger partial charge in [-0.25, -0.2) is 4.79 Å². The van der Waals surface area contributed by atoms with Crippen LogP contribution in [-0.2, 0) is 14.3 Å². The number of aliphatic hydroxyl groups is 3.